The van der Waals surface area contributed by atoms with Crippen LogP contribution in [0.5, 0.6) is 5.75 Å². The summed E-state index contributed by atoms with van der Waals surface area (Å²) in [4.78, 5) is 0. The molecule has 1 atom stereocenters. The standard InChI is InChI=1S/C17H18N2O3S/c20-17-9-5-4-6-14(17)12-18-19(15-7-2-1-3-8-15)16-10-11-23(21,22)13-16/h1-9,12,16,20H,10-11,13H2/b18-12-/t16-/m1/s1. The van der Waals surface area contributed by atoms with E-state index in [4.69, 9.17) is 0 Å². The van der Waals surface area contributed by atoms with Crippen LogP contribution in [0, 0.1) is 0 Å². The molecule has 2 aromatic rings. The van der Waals surface area contributed by atoms with E-state index in [9.17, 15) is 13.5 Å². The molecule has 1 saturated heterocycles. The lowest BCUT2D eigenvalue weighted by Crippen LogP contribution is -2.31. The predicted molar refractivity (Wildman–Crippen MR) is 91.7 cm³/mol. The fraction of sp³-hybridized carbons (Fsp3) is 0.235. The van der Waals surface area contributed by atoms with Gasteiger partial charge in [0.1, 0.15) is 5.75 Å². The summed E-state index contributed by atoms with van der Waals surface area (Å²) in [6, 6.07) is 16.2. The van der Waals surface area contributed by atoms with Crippen molar-refractivity contribution in [3.05, 3.63) is 60.2 Å². The SMILES string of the molecule is O=S1(=O)CC[C@@H](N(/N=C\c2ccccc2O)c2ccccc2)C1. The monoisotopic (exact) mass is 330 g/mol. The number of rotatable bonds is 4. The van der Waals surface area contributed by atoms with Crippen molar-refractivity contribution in [2.24, 2.45) is 5.10 Å². The zero-order chi connectivity index (χ0) is 16.3. The Morgan fingerprint density at radius 1 is 1.09 bits per heavy atom. The molecule has 1 aliphatic rings. The van der Waals surface area contributed by atoms with Gasteiger partial charge in [-0.2, -0.15) is 5.10 Å². The van der Waals surface area contributed by atoms with Crippen molar-refractivity contribution in [3.63, 3.8) is 0 Å². The van der Waals surface area contributed by atoms with Crippen LogP contribution in [0.2, 0.25) is 0 Å². The molecule has 23 heavy (non-hydrogen) atoms. The summed E-state index contributed by atoms with van der Waals surface area (Å²) < 4.78 is 23.6. The average molecular weight is 330 g/mol. The summed E-state index contributed by atoms with van der Waals surface area (Å²) in [6.45, 7) is 0. The Kier molecular flexibility index (Phi) is 4.34. The van der Waals surface area contributed by atoms with Crippen LogP contribution in [0.15, 0.2) is 59.7 Å². The van der Waals surface area contributed by atoms with Gasteiger partial charge in [-0.1, -0.05) is 30.3 Å². The van der Waals surface area contributed by atoms with Gasteiger partial charge >= 0.3 is 0 Å². The Hall–Kier alpha value is -2.34. The number of phenols is 1. The molecule has 6 heteroatoms. The number of nitrogens with zero attached hydrogens (tertiary/aromatic N) is 2. The molecule has 120 valence electrons. The quantitative estimate of drug-likeness (QED) is 0.690. The molecule has 0 aromatic heterocycles. The van der Waals surface area contributed by atoms with Gasteiger partial charge in [-0.3, -0.25) is 5.01 Å². The second-order valence-electron chi connectivity index (χ2n) is 5.54. The van der Waals surface area contributed by atoms with Gasteiger partial charge in [0.2, 0.25) is 0 Å². The number of anilines is 1. The molecule has 0 amide bonds. The van der Waals surface area contributed by atoms with Crippen LogP contribution in [0.1, 0.15) is 12.0 Å². The zero-order valence-electron chi connectivity index (χ0n) is 12.5. The van der Waals surface area contributed by atoms with Crippen molar-refractivity contribution < 1.29 is 13.5 Å². The molecule has 0 unspecified atom stereocenters. The van der Waals surface area contributed by atoms with Crippen LogP contribution >= 0.6 is 0 Å². The first-order chi connectivity index (χ1) is 11.1. The number of hydrazone groups is 1. The molecule has 1 heterocycles. The molecule has 1 N–H and O–H groups in total. The largest absolute Gasteiger partial charge is 0.507 e. The first kappa shape index (κ1) is 15.6. The topological polar surface area (TPSA) is 70.0 Å². The Balaban J connectivity index is 1.92. The Labute approximate surface area is 135 Å². The molecule has 1 aliphatic heterocycles. The lowest BCUT2D eigenvalue weighted by atomic mass is 10.2. The highest BCUT2D eigenvalue weighted by Gasteiger charge is 2.32. The first-order valence-corrected chi connectivity index (χ1v) is 9.24. The van der Waals surface area contributed by atoms with Gasteiger partial charge in [-0.05, 0) is 30.7 Å². The summed E-state index contributed by atoms with van der Waals surface area (Å²) in [5.74, 6) is 0.427. The molecule has 3 rings (SSSR count). The molecule has 0 aliphatic carbocycles. The minimum Gasteiger partial charge on any atom is -0.507 e. The second-order valence-corrected chi connectivity index (χ2v) is 7.77. The minimum absolute atomic E-state index is 0.0972. The van der Waals surface area contributed by atoms with Crippen molar-refractivity contribution in [3.8, 4) is 5.75 Å². The summed E-state index contributed by atoms with van der Waals surface area (Å²) in [5.41, 5.74) is 1.43. The minimum atomic E-state index is -3.00. The highest BCUT2D eigenvalue weighted by molar-refractivity contribution is 7.91. The number of phenolic OH excluding ortho intramolecular Hbond substituents is 1. The fourth-order valence-corrected chi connectivity index (χ4v) is 4.33. The Bertz CT molecular complexity index is 804. The third-order valence-corrected chi connectivity index (χ3v) is 5.58. The van der Waals surface area contributed by atoms with Gasteiger partial charge in [0.25, 0.3) is 0 Å². The normalized spacial score (nSPS) is 19.9. The highest BCUT2D eigenvalue weighted by Crippen LogP contribution is 2.25. The molecule has 0 bridgehead atoms. The van der Waals surface area contributed by atoms with Gasteiger partial charge in [0.05, 0.1) is 29.4 Å². The van der Waals surface area contributed by atoms with E-state index < -0.39 is 9.84 Å². The first-order valence-electron chi connectivity index (χ1n) is 7.42. The summed E-state index contributed by atoms with van der Waals surface area (Å²) in [6.07, 6.45) is 2.11. The van der Waals surface area contributed by atoms with Crippen molar-refractivity contribution in [1.29, 1.82) is 0 Å². The van der Waals surface area contributed by atoms with Crippen LogP contribution in [-0.2, 0) is 9.84 Å². The predicted octanol–water partition coefficient (Wildman–Crippen LogP) is 2.42. The number of benzene rings is 2. The highest BCUT2D eigenvalue weighted by atomic mass is 32.2. The van der Waals surface area contributed by atoms with Gasteiger partial charge in [0, 0.05) is 5.56 Å². The van der Waals surface area contributed by atoms with Crippen LogP contribution in [0.4, 0.5) is 5.69 Å². The smallest absolute Gasteiger partial charge is 0.152 e. The van der Waals surface area contributed by atoms with E-state index in [1.54, 1.807) is 29.4 Å². The second kappa shape index (κ2) is 6.42. The van der Waals surface area contributed by atoms with Gasteiger partial charge in [-0.25, -0.2) is 8.42 Å². The lowest BCUT2D eigenvalue weighted by molar-refractivity contribution is 0.474. The van der Waals surface area contributed by atoms with Crippen LogP contribution < -0.4 is 5.01 Å². The molecule has 5 nitrogen and oxygen atoms in total. The van der Waals surface area contributed by atoms with E-state index in [1.165, 1.54) is 0 Å². The van der Waals surface area contributed by atoms with E-state index >= 15 is 0 Å². The van der Waals surface area contributed by atoms with E-state index in [2.05, 4.69) is 5.10 Å². The molecule has 0 radical (unpaired) electrons. The zero-order valence-corrected chi connectivity index (χ0v) is 13.4. The third-order valence-electron chi connectivity index (χ3n) is 3.83. The van der Waals surface area contributed by atoms with Crippen LogP contribution in [0.25, 0.3) is 0 Å². The van der Waals surface area contributed by atoms with E-state index in [-0.39, 0.29) is 23.3 Å². The number of aromatic hydroxyl groups is 1. The van der Waals surface area contributed by atoms with Gasteiger partial charge in [0.15, 0.2) is 9.84 Å². The van der Waals surface area contributed by atoms with Crippen molar-refractivity contribution in [1.82, 2.24) is 0 Å². The number of hydrogen-bond acceptors (Lipinski definition) is 5. The van der Waals surface area contributed by atoms with Crippen molar-refractivity contribution >= 4 is 21.7 Å². The summed E-state index contributed by atoms with van der Waals surface area (Å²) in [7, 11) is -3.00. The maximum absolute atomic E-state index is 11.8. The maximum Gasteiger partial charge on any atom is 0.152 e. The van der Waals surface area contributed by atoms with Crippen molar-refractivity contribution in [2.45, 2.75) is 12.5 Å². The van der Waals surface area contributed by atoms with Crippen LogP contribution in [0.3, 0.4) is 0 Å². The molecule has 0 spiro atoms. The lowest BCUT2D eigenvalue weighted by Gasteiger charge is -2.25. The number of para-hydroxylation sites is 2. The number of sulfone groups is 1. The fourth-order valence-electron chi connectivity index (χ4n) is 2.64. The number of hydrogen-bond donors (Lipinski definition) is 1. The molecular weight excluding hydrogens is 312 g/mol. The molecule has 2 aromatic carbocycles. The molecule has 1 fully saturated rings. The maximum atomic E-state index is 11.8. The summed E-state index contributed by atoms with van der Waals surface area (Å²) in [5, 5.41) is 16.0. The van der Waals surface area contributed by atoms with Crippen LogP contribution in [-0.4, -0.2) is 37.3 Å². The third kappa shape index (κ3) is 3.71. The Morgan fingerprint density at radius 3 is 2.43 bits per heavy atom. The van der Waals surface area contributed by atoms with Gasteiger partial charge < -0.3 is 5.11 Å². The summed E-state index contributed by atoms with van der Waals surface area (Å²) >= 11 is 0. The average Bonchev–Trinajstić information content (AvgIpc) is 2.90. The Morgan fingerprint density at radius 2 is 1.78 bits per heavy atom. The van der Waals surface area contributed by atoms with E-state index in [0.29, 0.717) is 12.0 Å². The van der Waals surface area contributed by atoms with Gasteiger partial charge in [-0.15, -0.1) is 0 Å². The molecule has 0 saturated carbocycles. The van der Waals surface area contributed by atoms with E-state index in [1.807, 2.05) is 36.4 Å². The van der Waals surface area contributed by atoms with E-state index in [0.717, 1.165) is 5.69 Å². The van der Waals surface area contributed by atoms with Crippen molar-refractivity contribution in [2.75, 3.05) is 16.5 Å². The molecular formula is C17H18N2O3S.